The van der Waals surface area contributed by atoms with Gasteiger partial charge in [-0.05, 0) is 298 Å². The van der Waals surface area contributed by atoms with Crippen molar-refractivity contribution in [2.45, 2.75) is 13.8 Å². The number of hydrogen-bond acceptors (Lipinski definition) is 2. The number of fused-ring (bicyclic) bond motifs is 11. The lowest BCUT2D eigenvalue weighted by molar-refractivity contribution is 1.33. The molecule has 124 heavy (non-hydrogen) atoms. The van der Waals surface area contributed by atoms with Gasteiger partial charge in [0, 0.05) is 35.9 Å². The summed E-state index contributed by atoms with van der Waals surface area (Å²) >= 11 is 0. The third-order valence-corrected chi connectivity index (χ3v) is 25.3. The summed E-state index contributed by atoms with van der Waals surface area (Å²) in [5.74, 6) is 0. The van der Waals surface area contributed by atoms with Gasteiger partial charge in [-0.15, -0.1) is 0 Å². The van der Waals surface area contributed by atoms with Crippen molar-refractivity contribution >= 4 is 118 Å². The fraction of sp³-hybridized carbons (Fsp3) is 0.0164. The number of pyridine rings is 2. The Hall–Kier alpha value is -16.0. The van der Waals surface area contributed by atoms with Crippen LogP contribution in [-0.2, 0) is 0 Å². The third kappa shape index (κ3) is 13.3. The fourth-order valence-electron chi connectivity index (χ4n) is 19.8. The molecular formula is C122H82N2. The summed E-state index contributed by atoms with van der Waals surface area (Å²) in [5.41, 5.74) is 27.5. The minimum atomic E-state index is 1.13. The highest BCUT2D eigenvalue weighted by atomic mass is 14.6. The van der Waals surface area contributed by atoms with Crippen LogP contribution in [0.2, 0.25) is 0 Å². The summed E-state index contributed by atoms with van der Waals surface area (Å²) in [4.78, 5) is 8.93. The van der Waals surface area contributed by atoms with Crippen LogP contribution in [0.25, 0.3) is 230 Å². The maximum atomic E-state index is 4.47. The SMILES string of the molecule is Cc1cccc(C)c1-c1c2ccccc2c(-c2cc(-c3cccc4ccccc34)cc3ccccc23)c2ccccc12.c1ccc(-c2ccc(-c3cc(-c4c5ccccc5c(-c5cccnc5)c5ccccc45)c4ccccc4c3)cc2)cc1.c1cncc(-c2c3ccccc3c(-c3cc(-c4ccc5ccccc5c4)cc4ccccc34)c3ccccc23)c1. The van der Waals surface area contributed by atoms with Gasteiger partial charge in [-0.25, -0.2) is 0 Å². The molecule has 0 fully saturated rings. The molecule has 24 aromatic rings. The van der Waals surface area contributed by atoms with Crippen LogP contribution in [-0.4, -0.2) is 9.97 Å². The number of nitrogens with zero attached hydrogens (tertiary/aromatic N) is 2. The van der Waals surface area contributed by atoms with Crippen LogP contribution in [0.1, 0.15) is 11.1 Å². The summed E-state index contributed by atoms with van der Waals surface area (Å²) in [7, 11) is 0. The average molecular weight is 1580 g/mol. The van der Waals surface area contributed by atoms with E-state index in [4.69, 9.17) is 0 Å². The van der Waals surface area contributed by atoms with E-state index in [0.717, 1.165) is 11.1 Å². The first-order chi connectivity index (χ1) is 61.4. The van der Waals surface area contributed by atoms with Gasteiger partial charge >= 0.3 is 0 Å². The van der Waals surface area contributed by atoms with Crippen LogP contribution >= 0.6 is 0 Å². The lowest BCUT2D eigenvalue weighted by atomic mass is 9.82. The van der Waals surface area contributed by atoms with Gasteiger partial charge in [-0.2, -0.15) is 0 Å². The number of rotatable bonds is 10. The van der Waals surface area contributed by atoms with E-state index in [9.17, 15) is 0 Å². The highest BCUT2D eigenvalue weighted by molar-refractivity contribution is 6.28. The van der Waals surface area contributed by atoms with E-state index < -0.39 is 0 Å². The lowest BCUT2D eigenvalue weighted by Gasteiger charge is -2.21. The maximum absolute atomic E-state index is 4.47. The first kappa shape index (κ1) is 74.3. The Morgan fingerprint density at radius 1 is 0.137 bits per heavy atom. The Balaban J connectivity index is 0.000000111. The molecule has 0 bridgehead atoms. The molecular weight excluding hydrogens is 1490 g/mol. The van der Waals surface area contributed by atoms with Crippen molar-refractivity contribution < 1.29 is 0 Å². The van der Waals surface area contributed by atoms with Crippen LogP contribution in [0, 0.1) is 13.8 Å². The summed E-state index contributed by atoms with van der Waals surface area (Å²) in [6, 6.07) is 159. The number of aromatic nitrogens is 2. The van der Waals surface area contributed by atoms with Crippen molar-refractivity contribution in [2.75, 3.05) is 0 Å². The first-order valence-electron chi connectivity index (χ1n) is 42.8. The zero-order valence-corrected chi connectivity index (χ0v) is 68.8. The van der Waals surface area contributed by atoms with Gasteiger partial charge in [0.15, 0.2) is 0 Å². The van der Waals surface area contributed by atoms with Crippen molar-refractivity contribution in [1.29, 1.82) is 0 Å². The number of aryl methyl sites for hydroxylation is 2. The Bertz CT molecular complexity index is 8100. The van der Waals surface area contributed by atoms with E-state index in [1.807, 2.05) is 36.9 Å². The molecule has 2 nitrogen and oxygen atoms in total. The highest BCUT2D eigenvalue weighted by Gasteiger charge is 2.25. The van der Waals surface area contributed by atoms with Crippen LogP contribution in [0.15, 0.2) is 462 Å². The summed E-state index contributed by atoms with van der Waals surface area (Å²) in [6.07, 6.45) is 7.63. The van der Waals surface area contributed by atoms with Gasteiger partial charge in [0.2, 0.25) is 0 Å². The molecule has 0 aliphatic carbocycles. The zero-order valence-electron chi connectivity index (χ0n) is 68.8. The Kier molecular flexibility index (Phi) is 19.1. The van der Waals surface area contributed by atoms with Gasteiger partial charge < -0.3 is 0 Å². The zero-order chi connectivity index (χ0) is 82.6. The molecule has 0 radical (unpaired) electrons. The molecule has 580 valence electrons. The molecule has 0 amide bonds. The highest BCUT2D eigenvalue weighted by Crippen LogP contribution is 2.52. The van der Waals surface area contributed by atoms with Crippen LogP contribution in [0.4, 0.5) is 0 Å². The van der Waals surface area contributed by atoms with Gasteiger partial charge in [0.1, 0.15) is 0 Å². The molecule has 24 rings (SSSR count). The molecule has 0 atom stereocenters. The normalized spacial score (nSPS) is 11.5. The summed E-state index contributed by atoms with van der Waals surface area (Å²) in [6.45, 7) is 4.47. The molecule has 0 saturated carbocycles. The monoisotopic (exact) mass is 1570 g/mol. The van der Waals surface area contributed by atoms with E-state index >= 15 is 0 Å². The topological polar surface area (TPSA) is 25.8 Å². The minimum Gasteiger partial charge on any atom is -0.264 e. The number of benzene rings is 22. The second-order valence-corrected chi connectivity index (χ2v) is 32.5. The standard InChI is InChI=1S/C42H30.C41H27N.C39H25N/c1-27-13-11-14-28(2)40(27)42-37-22-9-7-20-35(37)41(36-21-8-10-23-38(36)42)39-26-31(25-30-16-4-6-19-33(30)39)34-24-12-17-29-15-3-5-18-32(29)34;1-2-11-28(12-3-1)29-20-22-30(23-21-29)33-25-31-13-4-5-15-34(31)39(26-33)41-37-18-8-6-16-35(37)40(32-14-10-24-42-27-32)36-17-7-9-19-38(36)41;1-2-11-27-22-28(20-19-26(27)10-1)31-23-29-12-3-4-14-32(29)37(24-31)39-35-17-7-5-15-33(35)38(30-13-9-21-40-25-30)34-16-6-8-18-36(34)39/h3-26H,1-2H3;1-27H;1-25H. The van der Waals surface area contributed by atoms with Gasteiger partial charge in [-0.3, -0.25) is 9.97 Å². The van der Waals surface area contributed by atoms with E-state index in [0.29, 0.717) is 0 Å². The van der Waals surface area contributed by atoms with Crippen LogP contribution in [0.5, 0.6) is 0 Å². The second kappa shape index (κ2) is 31.9. The summed E-state index contributed by atoms with van der Waals surface area (Å²) in [5, 5.41) is 27.7. The Morgan fingerprint density at radius 2 is 0.411 bits per heavy atom. The van der Waals surface area contributed by atoms with Crippen LogP contribution < -0.4 is 0 Å². The first-order valence-corrected chi connectivity index (χ1v) is 42.8. The van der Waals surface area contributed by atoms with Crippen molar-refractivity contribution in [3.63, 3.8) is 0 Å². The predicted molar refractivity (Wildman–Crippen MR) is 531 cm³/mol. The van der Waals surface area contributed by atoms with Gasteiger partial charge in [-0.1, -0.05) is 382 Å². The Labute approximate surface area is 721 Å². The molecule has 0 aliphatic rings. The van der Waals surface area contributed by atoms with E-state index in [1.54, 1.807) is 0 Å². The van der Waals surface area contributed by atoms with Crippen molar-refractivity contribution in [1.82, 2.24) is 9.97 Å². The molecule has 0 aliphatic heterocycles. The van der Waals surface area contributed by atoms with E-state index in [-0.39, 0.29) is 0 Å². The van der Waals surface area contributed by atoms with Crippen LogP contribution in [0.3, 0.4) is 0 Å². The van der Waals surface area contributed by atoms with E-state index in [1.165, 1.54) is 230 Å². The third-order valence-electron chi connectivity index (χ3n) is 25.3. The minimum absolute atomic E-state index is 1.13. The lowest BCUT2D eigenvalue weighted by Crippen LogP contribution is -1.95. The smallest absolute Gasteiger partial charge is 0.0346 e. The molecule has 2 heteroatoms. The molecule has 22 aromatic carbocycles. The van der Waals surface area contributed by atoms with Crippen molar-refractivity contribution in [3.8, 4) is 111 Å². The van der Waals surface area contributed by atoms with Crippen molar-refractivity contribution in [3.05, 3.63) is 473 Å². The largest absolute Gasteiger partial charge is 0.264 e. The quantitative estimate of drug-likeness (QED) is 0.128. The van der Waals surface area contributed by atoms with E-state index in [2.05, 4.69) is 448 Å². The fourth-order valence-corrected chi connectivity index (χ4v) is 19.8. The van der Waals surface area contributed by atoms with Gasteiger partial charge in [0.05, 0.1) is 0 Å². The Morgan fingerprint density at radius 3 is 0.823 bits per heavy atom. The molecule has 0 spiro atoms. The maximum Gasteiger partial charge on any atom is 0.0346 e. The molecule has 2 aromatic heterocycles. The molecule has 0 saturated heterocycles. The molecule has 0 unspecified atom stereocenters. The predicted octanol–water partition coefficient (Wildman–Crippen LogP) is 33.8. The second-order valence-electron chi connectivity index (χ2n) is 32.5. The molecule has 2 heterocycles. The number of hydrogen-bond donors (Lipinski definition) is 0. The summed E-state index contributed by atoms with van der Waals surface area (Å²) < 4.78 is 0. The van der Waals surface area contributed by atoms with Gasteiger partial charge in [0.25, 0.3) is 0 Å². The average Bonchev–Trinajstić information content (AvgIpc) is 0.732. The molecule has 0 N–H and O–H groups in total. The van der Waals surface area contributed by atoms with Crippen molar-refractivity contribution in [2.24, 2.45) is 0 Å².